The molecule has 0 spiro atoms. The summed E-state index contributed by atoms with van der Waals surface area (Å²) in [5, 5.41) is 11.6. The van der Waals surface area contributed by atoms with Gasteiger partial charge in [0.05, 0.1) is 42.9 Å². The molecule has 0 aliphatic carbocycles. The molecule has 1 saturated heterocycles. The highest BCUT2D eigenvalue weighted by atomic mass is 16.5. The minimum Gasteiger partial charge on any atom is -0.496 e. The number of hydrogen-bond acceptors (Lipinski definition) is 6. The number of piperidine rings is 1. The van der Waals surface area contributed by atoms with Crippen LogP contribution in [0.3, 0.4) is 0 Å². The maximum Gasteiger partial charge on any atom is 0.170 e. The molecule has 1 aliphatic rings. The number of benzene rings is 1. The predicted molar refractivity (Wildman–Crippen MR) is 114 cm³/mol. The average molecular weight is 411 g/mol. The molecule has 0 unspecified atom stereocenters. The number of H-pyrrole nitrogens is 1. The number of likely N-dealkylation sites (tertiary alicyclic amines) is 1. The van der Waals surface area contributed by atoms with Crippen molar-refractivity contribution in [2.24, 2.45) is 0 Å². The summed E-state index contributed by atoms with van der Waals surface area (Å²) >= 11 is 0. The minimum atomic E-state index is 0.263. The molecule has 0 radical (unpaired) electrons. The summed E-state index contributed by atoms with van der Waals surface area (Å²) in [6, 6.07) is 8.62. The second kappa shape index (κ2) is 9.45. The molecular weight excluding hydrogens is 380 g/mol. The Balaban J connectivity index is 1.58. The Bertz CT molecular complexity index is 965. The van der Waals surface area contributed by atoms with Gasteiger partial charge in [-0.25, -0.2) is 0 Å². The maximum absolute atomic E-state index is 5.63. The van der Waals surface area contributed by atoms with Gasteiger partial charge >= 0.3 is 0 Å². The minimum absolute atomic E-state index is 0.263. The fourth-order valence-corrected chi connectivity index (χ4v) is 4.23. The molecule has 1 aliphatic heterocycles. The van der Waals surface area contributed by atoms with Crippen LogP contribution in [0.4, 0.5) is 0 Å². The zero-order valence-electron chi connectivity index (χ0n) is 18.0. The number of aromatic amines is 1. The molecule has 0 bridgehead atoms. The summed E-state index contributed by atoms with van der Waals surface area (Å²) in [7, 11) is 1.70. The molecule has 4 rings (SSSR count). The number of nitrogens with zero attached hydrogens (tertiary/aromatic N) is 3. The molecule has 0 amide bonds. The molecule has 1 aromatic carbocycles. The summed E-state index contributed by atoms with van der Waals surface area (Å²) in [4.78, 5) is 2.52. The van der Waals surface area contributed by atoms with Gasteiger partial charge in [0.15, 0.2) is 5.76 Å². The molecule has 1 atom stereocenters. The van der Waals surface area contributed by atoms with Crippen LogP contribution < -0.4 is 4.74 Å². The quantitative estimate of drug-likeness (QED) is 0.583. The van der Waals surface area contributed by atoms with Gasteiger partial charge in [-0.15, -0.1) is 0 Å². The standard InChI is InChI=1S/C23H30N4O3/c1-4-29-15-18-12-17(8-9-21(18)28-3)14-27-10-6-5-7-20(27)23-19(13-24-25-23)22-11-16(2)26-30-22/h8-9,11-13,20H,4-7,10,14-15H2,1-3H3,(H,24,25)/t20-/m0/s1. The van der Waals surface area contributed by atoms with Crippen molar-refractivity contribution in [2.75, 3.05) is 20.3 Å². The Labute approximate surface area is 177 Å². The van der Waals surface area contributed by atoms with E-state index in [4.69, 9.17) is 14.0 Å². The monoisotopic (exact) mass is 410 g/mol. The van der Waals surface area contributed by atoms with E-state index in [1.54, 1.807) is 7.11 Å². The van der Waals surface area contributed by atoms with Crippen LogP contribution in [0.2, 0.25) is 0 Å². The molecular formula is C23H30N4O3. The van der Waals surface area contributed by atoms with Gasteiger partial charge < -0.3 is 14.0 Å². The number of nitrogens with one attached hydrogen (secondary N) is 1. The number of aromatic nitrogens is 3. The molecule has 3 aromatic rings. The zero-order valence-corrected chi connectivity index (χ0v) is 18.0. The van der Waals surface area contributed by atoms with Gasteiger partial charge in [-0.2, -0.15) is 5.10 Å². The van der Waals surface area contributed by atoms with E-state index in [9.17, 15) is 0 Å². The van der Waals surface area contributed by atoms with Crippen molar-refractivity contribution in [1.82, 2.24) is 20.3 Å². The topological polar surface area (TPSA) is 76.4 Å². The number of hydrogen-bond donors (Lipinski definition) is 1. The molecule has 2 aromatic heterocycles. The number of methoxy groups -OCH3 is 1. The molecule has 30 heavy (non-hydrogen) atoms. The van der Waals surface area contributed by atoms with Crippen molar-refractivity contribution >= 4 is 0 Å². The lowest BCUT2D eigenvalue weighted by Gasteiger charge is -2.35. The Hall–Kier alpha value is -2.64. The fraction of sp³-hybridized carbons (Fsp3) is 0.478. The van der Waals surface area contributed by atoms with Crippen molar-refractivity contribution in [3.05, 3.63) is 53.0 Å². The van der Waals surface area contributed by atoms with E-state index in [-0.39, 0.29) is 6.04 Å². The van der Waals surface area contributed by atoms with Crippen LogP contribution in [0.5, 0.6) is 5.75 Å². The highest BCUT2D eigenvalue weighted by Gasteiger charge is 2.29. The summed E-state index contributed by atoms with van der Waals surface area (Å²) in [6.07, 6.45) is 5.33. The molecule has 7 heteroatoms. The van der Waals surface area contributed by atoms with Crippen LogP contribution in [-0.4, -0.2) is 40.5 Å². The van der Waals surface area contributed by atoms with Crippen LogP contribution in [-0.2, 0) is 17.9 Å². The first kappa shape index (κ1) is 20.6. The van der Waals surface area contributed by atoms with Crippen LogP contribution in [0, 0.1) is 6.92 Å². The maximum atomic E-state index is 5.63. The molecule has 1 N–H and O–H groups in total. The van der Waals surface area contributed by atoms with Gasteiger partial charge in [-0.3, -0.25) is 10.00 Å². The van der Waals surface area contributed by atoms with Crippen LogP contribution in [0.25, 0.3) is 11.3 Å². The van der Waals surface area contributed by atoms with Gasteiger partial charge in [-0.05, 0) is 50.9 Å². The lowest BCUT2D eigenvalue weighted by Crippen LogP contribution is -2.33. The Morgan fingerprint density at radius 3 is 2.93 bits per heavy atom. The second-order valence-corrected chi connectivity index (χ2v) is 7.80. The third-order valence-corrected chi connectivity index (χ3v) is 5.70. The first-order chi connectivity index (χ1) is 14.7. The third-order valence-electron chi connectivity index (χ3n) is 5.70. The predicted octanol–water partition coefficient (Wildman–Crippen LogP) is 4.65. The summed E-state index contributed by atoms with van der Waals surface area (Å²) in [5.41, 5.74) is 5.32. The average Bonchev–Trinajstić information content (AvgIpc) is 3.41. The van der Waals surface area contributed by atoms with E-state index in [2.05, 4.69) is 32.4 Å². The van der Waals surface area contributed by atoms with Crippen molar-refractivity contribution in [2.45, 2.75) is 52.3 Å². The highest BCUT2D eigenvalue weighted by molar-refractivity contribution is 5.60. The molecule has 160 valence electrons. The van der Waals surface area contributed by atoms with Gasteiger partial charge in [-0.1, -0.05) is 17.6 Å². The number of aryl methyl sites for hydroxylation is 1. The summed E-state index contributed by atoms with van der Waals surface area (Å²) in [6.45, 7) is 7.10. The van der Waals surface area contributed by atoms with Gasteiger partial charge in [0.1, 0.15) is 5.75 Å². The first-order valence-corrected chi connectivity index (χ1v) is 10.6. The highest BCUT2D eigenvalue weighted by Crippen LogP contribution is 2.37. The molecule has 7 nitrogen and oxygen atoms in total. The summed E-state index contributed by atoms with van der Waals surface area (Å²) in [5.74, 6) is 1.64. The van der Waals surface area contributed by atoms with Crippen molar-refractivity contribution in [3.63, 3.8) is 0 Å². The van der Waals surface area contributed by atoms with E-state index < -0.39 is 0 Å². The SMILES string of the molecule is CCOCc1cc(CN2CCCC[C@H]2c2[nH]ncc2-c2cc(C)no2)ccc1OC. The largest absolute Gasteiger partial charge is 0.496 e. The molecule has 3 heterocycles. The van der Waals surface area contributed by atoms with Crippen LogP contribution in [0.15, 0.2) is 35.0 Å². The van der Waals surface area contributed by atoms with Gasteiger partial charge in [0.25, 0.3) is 0 Å². The van der Waals surface area contributed by atoms with E-state index in [0.717, 1.165) is 53.5 Å². The lowest BCUT2D eigenvalue weighted by molar-refractivity contribution is 0.130. The summed E-state index contributed by atoms with van der Waals surface area (Å²) < 4.78 is 16.7. The van der Waals surface area contributed by atoms with Crippen molar-refractivity contribution in [1.29, 1.82) is 0 Å². The zero-order chi connectivity index (χ0) is 20.9. The van der Waals surface area contributed by atoms with E-state index in [1.165, 1.54) is 18.4 Å². The smallest absolute Gasteiger partial charge is 0.170 e. The van der Waals surface area contributed by atoms with E-state index in [1.807, 2.05) is 32.2 Å². The Kier molecular flexibility index (Phi) is 6.50. The van der Waals surface area contributed by atoms with Gasteiger partial charge in [0.2, 0.25) is 0 Å². The van der Waals surface area contributed by atoms with Crippen LogP contribution in [0.1, 0.15) is 54.7 Å². The van der Waals surface area contributed by atoms with E-state index in [0.29, 0.717) is 13.2 Å². The fourth-order valence-electron chi connectivity index (χ4n) is 4.23. The van der Waals surface area contributed by atoms with E-state index >= 15 is 0 Å². The number of rotatable bonds is 8. The second-order valence-electron chi connectivity index (χ2n) is 7.80. The Morgan fingerprint density at radius 1 is 1.27 bits per heavy atom. The van der Waals surface area contributed by atoms with Gasteiger partial charge in [0, 0.05) is 24.8 Å². The molecule has 1 fully saturated rings. The number of ether oxygens (including phenoxy) is 2. The van der Waals surface area contributed by atoms with Crippen LogP contribution >= 0.6 is 0 Å². The molecule has 0 saturated carbocycles. The first-order valence-electron chi connectivity index (χ1n) is 10.6. The lowest BCUT2D eigenvalue weighted by atomic mass is 9.95. The third kappa shape index (κ3) is 4.42. The Morgan fingerprint density at radius 2 is 2.17 bits per heavy atom. The normalized spacial score (nSPS) is 17.4. The van der Waals surface area contributed by atoms with Crippen molar-refractivity contribution in [3.8, 4) is 17.1 Å². The van der Waals surface area contributed by atoms with Crippen molar-refractivity contribution < 1.29 is 14.0 Å².